The van der Waals surface area contributed by atoms with E-state index in [1.165, 1.54) is 6.07 Å². The smallest absolute Gasteiger partial charge is 0.167 e. The number of rotatable bonds is 2. The number of hydrogen-bond acceptors (Lipinski definition) is 2. The minimum Gasteiger partial charge on any atom is -0.491 e. The molecule has 0 saturated heterocycles. The molecule has 0 amide bonds. The van der Waals surface area contributed by atoms with E-state index in [0.29, 0.717) is 17.3 Å². The average molecular weight is 282 g/mol. The second-order valence-electron chi connectivity index (χ2n) is 5.49. The Hall–Kier alpha value is -1.35. The van der Waals surface area contributed by atoms with Crippen molar-refractivity contribution in [2.45, 2.75) is 33.1 Å². The Bertz CT molecular complexity index is 620. The Morgan fingerprint density at radius 1 is 1.26 bits per heavy atom. The summed E-state index contributed by atoms with van der Waals surface area (Å²) in [5.74, 6) is -0.166. The standard InChI is InChI=1S/C15H17ClFNO/c1-5-19-13-7-9-6-10(15(2,3)4)14(16)18-12(9)8-11(13)17/h6-8H,5H2,1-4H3. The van der Waals surface area contributed by atoms with Gasteiger partial charge in [0, 0.05) is 11.5 Å². The van der Waals surface area contributed by atoms with Crippen molar-refractivity contribution in [1.82, 2.24) is 4.98 Å². The zero-order valence-electron chi connectivity index (χ0n) is 11.6. The summed E-state index contributed by atoms with van der Waals surface area (Å²) in [5.41, 5.74) is 1.37. The molecule has 1 heterocycles. The maximum absolute atomic E-state index is 13.8. The quantitative estimate of drug-likeness (QED) is 0.743. The van der Waals surface area contributed by atoms with Crippen molar-refractivity contribution in [1.29, 1.82) is 0 Å². The summed E-state index contributed by atoms with van der Waals surface area (Å²) >= 11 is 6.18. The predicted molar refractivity (Wildman–Crippen MR) is 76.6 cm³/mol. The van der Waals surface area contributed by atoms with Crippen LogP contribution in [0.25, 0.3) is 10.9 Å². The van der Waals surface area contributed by atoms with Gasteiger partial charge in [-0.15, -0.1) is 0 Å². The molecule has 0 N–H and O–H groups in total. The van der Waals surface area contributed by atoms with Gasteiger partial charge in [0.05, 0.1) is 12.1 Å². The third-order valence-electron chi connectivity index (χ3n) is 2.93. The molecule has 0 aliphatic heterocycles. The Morgan fingerprint density at radius 2 is 1.95 bits per heavy atom. The molecule has 0 bridgehead atoms. The van der Waals surface area contributed by atoms with Crippen LogP contribution < -0.4 is 4.74 Å². The summed E-state index contributed by atoms with van der Waals surface area (Å²) in [6, 6.07) is 4.98. The first-order chi connectivity index (χ1) is 8.82. The van der Waals surface area contributed by atoms with Gasteiger partial charge in [-0.3, -0.25) is 0 Å². The Kier molecular flexibility index (Phi) is 3.68. The molecule has 0 aliphatic carbocycles. The van der Waals surface area contributed by atoms with Gasteiger partial charge in [0.25, 0.3) is 0 Å². The molecule has 0 unspecified atom stereocenters. The van der Waals surface area contributed by atoms with Crippen molar-refractivity contribution in [3.63, 3.8) is 0 Å². The van der Waals surface area contributed by atoms with Crippen molar-refractivity contribution < 1.29 is 9.13 Å². The third-order valence-corrected chi connectivity index (χ3v) is 3.22. The number of fused-ring (bicyclic) bond motifs is 1. The SMILES string of the molecule is CCOc1cc2cc(C(C)(C)C)c(Cl)nc2cc1F. The lowest BCUT2D eigenvalue weighted by Gasteiger charge is -2.20. The van der Waals surface area contributed by atoms with Gasteiger partial charge in [-0.2, -0.15) is 0 Å². The molecule has 4 heteroatoms. The van der Waals surface area contributed by atoms with Crippen LogP contribution in [-0.4, -0.2) is 11.6 Å². The van der Waals surface area contributed by atoms with Gasteiger partial charge in [0.1, 0.15) is 5.15 Å². The van der Waals surface area contributed by atoms with Crippen LogP contribution in [0.2, 0.25) is 5.15 Å². The highest BCUT2D eigenvalue weighted by Crippen LogP contribution is 2.33. The first kappa shape index (κ1) is 14.1. The molecule has 0 fully saturated rings. The number of ether oxygens (including phenoxy) is 1. The summed E-state index contributed by atoms with van der Waals surface area (Å²) in [5, 5.41) is 1.25. The fourth-order valence-electron chi connectivity index (χ4n) is 1.94. The fourth-order valence-corrected chi connectivity index (χ4v) is 2.37. The highest BCUT2D eigenvalue weighted by molar-refractivity contribution is 6.30. The van der Waals surface area contributed by atoms with Gasteiger partial charge in [0.15, 0.2) is 11.6 Å². The van der Waals surface area contributed by atoms with Gasteiger partial charge in [-0.1, -0.05) is 32.4 Å². The second kappa shape index (κ2) is 4.97. The maximum atomic E-state index is 13.8. The van der Waals surface area contributed by atoms with Crippen molar-refractivity contribution in [3.8, 4) is 5.75 Å². The van der Waals surface area contributed by atoms with E-state index in [-0.39, 0.29) is 11.2 Å². The minimum absolute atomic E-state index is 0.113. The average Bonchev–Trinajstić information content (AvgIpc) is 2.28. The molecule has 0 radical (unpaired) electrons. The number of nitrogens with zero attached hydrogens (tertiary/aromatic N) is 1. The van der Waals surface area contributed by atoms with Crippen LogP contribution in [-0.2, 0) is 5.41 Å². The summed E-state index contributed by atoms with van der Waals surface area (Å²) in [7, 11) is 0. The highest BCUT2D eigenvalue weighted by Gasteiger charge is 2.19. The summed E-state index contributed by atoms with van der Waals surface area (Å²) in [6.45, 7) is 8.44. The summed E-state index contributed by atoms with van der Waals surface area (Å²) in [6.07, 6.45) is 0. The van der Waals surface area contributed by atoms with Crippen LogP contribution in [0.3, 0.4) is 0 Å². The molecule has 0 aliphatic rings. The largest absolute Gasteiger partial charge is 0.491 e. The predicted octanol–water partition coefficient (Wildman–Crippen LogP) is 4.72. The number of pyridine rings is 1. The van der Waals surface area contributed by atoms with E-state index >= 15 is 0 Å². The van der Waals surface area contributed by atoms with Crippen LogP contribution in [0.5, 0.6) is 5.75 Å². The zero-order chi connectivity index (χ0) is 14.2. The molecule has 1 aromatic carbocycles. The van der Waals surface area contributed by atoms with E-state index in [2.05, 4.69) is 25.8 Å². The number of benzene rings is 1. The molecule has 19 heavy (non-hydrogen) atoms. The normalized spacial score (nSPS) is 11.9. The number of hydrogen-bond donors (Lipinski definition) is 0. The molecule has 0 spiro atoms. The van der Waals surface area contributed by atoms with Gasteiger partial charge in [-0.25, -0.2) is 9.37 Å². The lowest BCUT2D eigenvalue weighted by Crippen LogP contribution is -2.12. The number of halogens is 2. The third kappa shape index (κ3) is 2.81. The van der Waals surface area contributed by atoms with E-state index in [1.807, 2.05) is 13.0 Å². The summed E-state index contributed by atoms with van der Waals surface area (Å²) < 4.78 is 19.0. The van der Waals surface area contributed by atoms with Gasteiger partial charge in [-0.05, 0) is 30.0 Å². The van der Waals surface area contributed by atoms with Crippen LogP contribution in [0, 0.1) is 5.82 Å². The molecule has 102 valence electrons. The molecule has 2 nitrogen and oxygen atoms in total. The maximum Gasteiger partial charge on any atom is 0.167 e. The van der Waals surface area contributed by atoms with E-state index in [1.54, 1.807) is 6.07 Å². The van der Waals surface area contributed by atoms with Gasteiger partial charge in [0.2, 0.25) is 0 Å². The summed E-state index contributed by atoms with van der Waals surface area (Å²) in [4.78, 5) is 4.27. The molecular weight excluding hydrogens is 265 g/mol. The molecule has 2 rings (SSSR count). The highest BCUT2D eigenvalue weighted by atomic mass is 35.5. The minimum atomic E-state index is -0.415. The van der Waals surface area contributed by atoms with E-state index in [0.717, 1.165) is 10.9 Å². The van der Waals surface area contributed by atoms with Crippen LogP contribution in [0.1, 0.15) is 33.3 Å². The molecule has 2 aromatic rings. The fraction of sp³-hybridized carbons (Fsp3) is 0.400. The van der Waals surface area contributed by atoms with Gasteiger partial charge < -0.3 is 4.74 Å². The Labute approximate surface area is 117 Å². The van der Waals surface area contributed by atoms with Crippen LogP contribution in [0.4, 0.5) is 4.39 Å². The molecular formula is C15H17ClFNO. The van der Waals surface area contributed by atoms with Gasteiger partial charge >= 0.3 is 0 Å². The molecule has 1 aromatic heterocycles. The van der Waals surface area contributed by atoms with E-state index < -0.39 is 5.82 Å². The van der Waals surface area contributed by atoms with E-state index in [4.69, 9.17) is 16.3 Å². The monoisotopic (exact) mass is 281 g/mol. The lowest BCUT2D eigenvalue weighted by atomic mass is 9.87. The first-order valence-corrected chi connectivity index (χ1v) is 6.64. The second-order valence-corrected chi connectivity index (χ2v) is 5.84. The van der Waals surface area contributed by atoms with Crippen molar-refractivity contribution in [2.75, 3.05) is 6.61 Å². The Balaban J connectivity index is 2.67. The van der Waals surface area contributed by atoms with Crippen LogP contribution >= 0.6 is 11.6 Å². The topological polar surface area (TPSA) is 22.1 Å². The lowest BCUT2D eigenvalue weighted by molar-refractivity contribution is 0.322. The number of aromatic nitrogens is 1. The van der Waals surface area contributed by atoms with E-state index in [9.17, 15) is 4.39 Å². The molecule has 0 atom stereocenters. The molecule has 0 saturated carbocycles. The van der Waals surface area contributed by atoms with Crippen molar-refractivity contribution in [2.24, 2.45) is 0 Å². The first-order valence-electron chi connectivity index (χ1n) is 6.26. The zero-order valence-corrected chi connectivity index (χ0v) is 12.3. The van der Waals surface area contributed by atoms with Crippen molar-refractivity contribution in [3.05, 3.63) is 34.7 Å². The Morgan fingerprint density at radius 3 is 2.53 bits per heavy atom. The van der Waals surface area contributed by atoms with Crippen LogP contribution in [0.15, 0.2) is 18.2 Å². The van der Waals surface area contributed by atoms with Crippen molar-refractivity contribution >= 4 is 22.5 Å².